The lowest BCUT2D eigenvalue weighted by molar-refractivity contribution is 0.307. The highest BCUT2D eigenvalue weighted by atomic mass is 79.9. The molecule has 1 rings (SSSR count). The van der Waals surface area contributed by atoms with Crippen LogP contribution in [0, 0.1) is 11.8 Å². The molecule has 1 aliphatic carbocycles. The average molecular weight is 219 g/mol. The van der Waals surface area contributed by atoms with Crippen LogP contribution in [-0.4, -0.2) is 5.33 Å². The Bertz CT molecular complexity index is 95.0. The first-order valence-corrected chi connectivity index (χ1v) is 6.01. The molecular formula is C10H19Br. The molecule has 0 aliphatic heterocycles. The van der Waals surface area contributed by atoms with Gasteiger partial charge in [0, 0.05) is 5.33 Å². The van der Waals surface area contributed by atoms with Crippen molar-refractivity contribution < 1.29 is 0 Å². The smallest absolute Gasteiger partial charge is 0.00571 e. The highest BCUT2D eigenvalue weighted by molar-refractivity contribution is 9.09. The molecule has 0 bridgehead atoms. The summed E-state index contributed by atoms with van der Waals surface area (Å²) in [6.07, 6.45) is 8.90. The molecule has 0 amide bonds. The summed E-state index contributed by atoms with van der Waals surface area (Å²) in [7, 11) is 0. The molecule has 0 saturated heterocycles. The Kier molecular flexibility index (Phi) is 4.51. The van der Waals surface area contributed by atoms with Gasteiger partial charge in [0.1, 0.15) is 0 Å². The van der Waals surface area contributed by atoms with Crippen LogP contribution in [0.2, 0.25) is 0 Å². The standard InChI is InChI=1S/C10H19Br/c1-9(8-11)7-10-5-3-2-4-6-10/h9-10H,2-8H2,1H3. The minimum atomic E-state index is 0.887. The Hall–Kier alpha value is 0.480. The summed E-state index contributed by atoms with van der Waals surface area (Å²) >= 11 is 3.54. The fourth-order valence-corrected chi connectivity index (χ4v) is 2.32. The second kappa shape index (κ2) is 5.18. The summed E-state index contributed by atoms with van der Waals surface area (Å²) < 4.78 is 0. The zero-order chi connectivity index (χ0) is 8.10. The van der Waals surface area contributed by atoms with Crippen LogP contribution in [-0.2, 0) is 0 Å². The third-order valence-corrected chi connectivity index (χ3v) is 3.83. The highest BCUT2D eigenvalue weighted by Gasteiger charge is 2.15. The SMILES string of the molecule is CC(CBr)CC1CCCCC1. The minimum Gasteiger partial charge on any atom is -0.0925 e. The summed E-state index contributed by atoms with van der Waals surface area (Å²) in [5.41, 5.74) is 0. The lowest BCUT2D eigenvalue weighted by Gasteiger charge is -2.23. The van der Waals surface area contributed by atoms with Crippen molar-refractivity contribution in [2.45, 2.75) is 45.4 Å². The van der Waals surface area contributed by atoms with Crippen molar-refractivity contribution in [3.05, 3.63) is 0 Å². The van der Waals surface area contributed by atoms with E-state index in [-0.39, 0.29) is 0 Å². The second-order valence-electron chi connectivity index (χ2n) is 4.00. The molecule has 0 aromatic heterocycles. The third kappa shape index (κ3) is 3.59. The predicted octanol–water partition coefficient (Wildman–Crippen LogP) is 3.99. The molecular weight excluding hydrogens is 200 g/mol. The van der Waals surface area contributed by atoms with Gasteiger partial charge in [0.2, 0.25) is 0 Å². The lowest BCUT2D eigenvalue weighted by atomic mass is 9.84. The van der Waals surface area contributed by atoms with Crippen LogP contribution in [0.4, 0.5) is 0 Å². The number of rotatable bonds is 3. The highest BCUT2D eigenvalue weighted by Crippen LogP contribution is 2.29. The Morgan fingerprint density at radius 1 is 1.27 bits per heavy atom. The van der Waals surface area contributed by atoms with E-state index < -0.39 is 0 Å². The van der Waals surface area contributed by atoms with Gasteiger partial charge < -0.3 is 0 Å². The summed E-state index contributed by atoms with van der Waals surface area (Å²) in [5.74, 6) is 1.94. The summed E-state index contributed by atoms with van der Waals surface area (Å²) in [5, 5.41) is 1.18. The van der Waals surface area contributed by atoms with Crippen molar-refractivity contribution in [2.75, 3.05) is 5.33 Å². The van der Waals surface area contributed by atoms with Gasteiger partial charge in [-0.05, 0) is 18.3 Å². The van der Waals surface area contributed by atoms with Crippen molar-refractivity contribution in [2.24, 2.45) is 11.8 Å². The van der Waals surface area contributed by atoms with Crippen LogP contribution in [0.15, 0.2) is 0 Å². The van der Waals surface area contributed by atoms with Gasteiger partial charge in [-0.25, -0.2) is 0 Å². The summed E-state index contributed by atoms with van der Waals surface area (Å²) in [6, 6.07) is 0. The molecule has 1 aliphatic rings. The van der Waals surface area contributed by atoms with E-state index in [0.717, 1.165) is 11.8 Å². The first-order valence-electron chi connectivity index (χ1n) is 4.89. The Labute approximate surface area is 78.9 Å². The Morgan fingerprint density at radius 2 is 1.91 bits per heavy atom. The van der Waals surface area contributed by atoms with Gasteiger partial charge in [0.15, 0.2) is 0 Å². The number of hydrogen-bond donors (Lipinski definition) is 0. The lowest BCUT2D eigenvalue weighted by Crippen LogP contribution is -2.10. The van der Waals surface area contributed by atoms with Gasteiger partial charge in [0.25, 0.3) is 0 Å². The quantitative estimate of drug-likeness (QED) is 0.629. The molecule has 1 fully saturated rings. The van der Waals surface area contributed by atoms with E-state index in [4.69, 9.17) is 0 Å². The fourth-order valence-electron chi connectivity index (χ4n) is 2.05. The van der Waals surface area contributed by atoms with Crippen molar-refractivity contribution in [3.63, 3.8) is 0 Å². The van der Waals surface area contributed by atoms with E-state index in [1.807, 2.05) is 0 Å². The second-order valence-corrected chi connectivity index (χ2v) is 4.65. The van der Waals surface area contributed by atoms with E-state index in [1.54, 1.807) is 0 Å². The van der Waals surface area contributed by atoms with Crippen LogP contribution in [0.25, 0.3) is 0 Å². The molecule has 0 spiro atoms. The largest absolute Gasteiger partial charge is 0.0925 e. The van der Waals surface area contributed by atoms with E-state index in [1.165, 1.54) is 43.9 Å². The van der Waals surface area contributed by atoms with Crippen molar-refractivity contribution in [1.29, 1.82) is 0 Å². The first kappa shape index (κ1) is 9.57. The third-order valence-electron chi connectivity index (χ3n) is 2.72. The van der Waals surface area contributed by atoms with Gasteiger partial charge in [-0.2, -0.15) is 0 Å². The molecule has 0 aromatic carbocycles. The topological polar surface area (TPSA) is 0 Å². The number of alkyl halides is 1. The maximum atomic E-state index is 3.54. The molecule has 0 N–H and O–H groups in total. The molecule has 0 aromatic rings. The molecule has 11 heavy (non-hydrogen) atoms. The maximum Gasteiger partial charge on any atom is 0.00571 e. The normalized spacial score (nSPS) is 23.5. The zero-order valence-corrected chi connectivity index (χ0v) is 9.07. The van der Waals surface area contributed by atoms with Gasteiger partial charge >= 0.3 is 0 Å². The Morgan fingerprint density at radius 3 is 2.45 bits per heavy atom. The molecule has 1 unspecified atom stereocenters. The van der Waals surface area contributed by atoms with Gasteiger partial charge in [0.05, 0.1) is 0 Å². The molecule has 0 radical (unpaired) electrons. The van der Waals surface area contributed by atoms with Gasteiger partial charge in [-0.15, -0.1) is 0 Å². The minimum absolute atomic E-state index is 0.887. The first-order chi connectivity index (χ1) is 5.33. The zero-order valence-electron chi connectivity index (χ0n) is 7.48. The number of hydrogen-bond acceptors (Lipinski definition) is 0. The van der Waals surface area contributed by atoms with Gasteiger partial charge in [-0.3, -0.25) is 0 Å². The maximum absolute atomic E-state index is 3.54. The van der Waals surface area contributed by atoms with Crippen LogP contribution in [0.5, 0.6) is 0 Å². The molecule has 66 valence electrons. The van der Waals surface area contributed by atoms with E-state index >= 15 is 0 Å². The van der Waals surface area contributed by atoms with E-state index in [0.29, 0.717) is 0 Å². The van der Waals surface area contributed by atoms with Crippen molar-refractivity contribution in [3.8, 4) is 0 Å². The number of halogens is 1. The molecule has 1 atom stereocenters. The Balaban J connectivity index is 2.13. The molecule has 0 heterocycles. The predicted molar refractivity (Wildman–Crippen MR) is 54.2 cm³/mol. The molecule has 1 heteroatoms. The van der Waals surface area contributed by atoms with Crippen LogP contribution in [0.3, 0.4) is 0 Å². The fraction of sp³-hybridized carbons (Fsp3) is 1.00. The van der Waals surface area contributed by atoms with E-state index in [2.05, 4.69) is 22.9 Å². The van der Waals surface area contributed by atoms with Crippen LogP contribution < -0.4 is 0 Å². The molecule has 1 saturated carbocycles. The van der Waals surface area contributed by atoms with E-state index in [9.17, 15) is 0 Å². The monoisotopic (exact) mass is 218 g/mol. The van der Waals surface area contributed by atoms with Crippen molar-refractivity contribution in [1.82, 2.24) is 0 Å². The van der Waals surface area contributed by atoms with Crippen molar-refractivity contribution >= 4 is 15.9 Å². The summed E-state index contributed by atoms with van der Waals surface area (Å²) in [4.78, 5) is 0. The van der Waals surface area contributed by atoms with Crippen LogP contribution in [0.1, 0.15) is 45.4 Å². The average Bonchev–Trinajstić information content (AvgIpc) is 2.06. The van der Waals surface area contributed by atoms with Gasteiger partial charge in [-0.1, -0.05) is 55.0 Å². The molecule has 0 nitrogen and oxygen atoms in total. The van der Waals surface area contributed by atoms with Crippen LogP contribution >= 0.6 is 15.9 Å². The summed E-state index contributed by atoms with van der Waals surface area (Å²) in [6.45, 7) is 2.35.